The Hall–Kier alpha value is -2.04. The van der Waals surface area contributed by atoms with Crippen LogP contribution in [0.25, 0.3) is 11.0 Å². The minimum Gasteiger partial charge on any atom is -0.469 e. The van der Waals surface area contributed by atoms with Crippen LogP contribution in [0.4, 0.5) is 0 Å². The van der Waals surface area contributed by atoms with Crippen molar-refractivity contribution in [3.63, 3.8) is 0 Å². The maximum atomic E-state index is 12.2. The number of H-pyrrole nitrogens is 1. The largest absolute Gasteiger partial charge is 0.469 e. The van der Waals surface area contributed by atoms with Gasteiger partial charge in [0.1, 0.15) is 0 Å². The third-order valence-electron chi connectivity index (χ3n) is 4.75. The van der Waals surface area contributed by atoms with Crippen molar-refractivity contribution >= 4 is 17.0 Å². The van der Waals surface area contributed by atoms with Crippen LogP contribution in [-0.4, -0.2) is 22.6 Å². The lowest BCUT2D eigenvalue weighted by molar-refractivity contribution is -0.146. The van der Waals surface area contributed by atoms with Gasteiger partial charge in [0.2, 0.25) is 0 Å². The van der Waals surface area contributed by atoms with E-state index >= 15 is 0 Å². The molecular formula is C17H22N2O3. The van der Waals surface area contributed by atoms with Gasteiger partial charge in [-0.1, -0.05) is 6.07 Å². The highest BCUT2D eigenvalue weighted by Crippen LogP contribution is 2.30. The van der Waals surface area contributed by atoms with Crippen LogP contribution in [0.1, 0.15) is 31.2 Å². The van der Waals surface area contributed by atoms with Gasteiger partial charge >= 0.3 is 11.7 Å². The second-order valence-corrected chi connectivity index (χ2v) is 6.30. The maximum absolute atomic E-state index is 12.2. The number of fused-ring (bicyclic) bond motifs is 1. The van der Waals surface area contributed by atoms with Crippen LogP contribution in [0, 0.1) is 18.8 Å². The van der Waals surface area contributed by atoms with Crippen LogP contribution in [0.3, 0.4) is 0 Å². The summed E-state index contributed by atoms with van der Waals surface area (Å²) in [7, 11) is 1.45. The van der Waals surface area contributed by atoms with Gasteiger partial charge in [0.25, 0.3) is 0 Å². The topological polar surface area (TPSA) is 64.1 Å². The number of benzene rings is 1. The number of aromatic amines is 1. The van der Waals surface area contributed by atoms with E-state index in [-0.39, 0.29) is 17.6 Å². The Kier molecular flexibility index (Phi) is 4.05. The lowest BCUT2D eigenvalue weighted by atomic mass is 9.82. The van der Waals surface area contributed by atoms with E-state index < -0.39 is 0 Å². The van der Waals surface area contributed by atoms with E-state index in [0.717, 1.165) is 48.8 Å². The van der Waals surface area contributed by atoms with Gasteiger partial charge in [0, 0.05) is 6.54 Å². The highest BCUT2D eigenvalue weighted by Gasteiger charge is 2.27. The molecule has 0 spiro atoms. The molecule has 118 valence electrons. The highest BCUT2D eigenvalue weighted by molar-refractivity contribution is 5.76. The van der Waals surface area contributed by atoms with Gasteiger partial charge in [-0.15, -0.1) is 0 Å². The molecule has 3 rings (SSSR count). The molecule has 1 saturated carbocycles. The van der Waals surface area contributed by atoms with Gasteiger partial charge in [0.15, 0.2) is 0 Å². The Bertz CT molecular complexity index is 736. The lowest BCUT2D eigenvalue weighted by Gasteiger charge is -2.27. The van der Waals surface area contributed by atoms with E-state index in [1.54, 1.807) is 0 Å². The maximum Gasteiger partial charge on any atom is 0.326 e. The van der Waals surface area contributed by atoms with Crippen molar-refractivity contribution in [3.05, 3.63) is 34.2 Å². The average molecular weight is 302 g/mol. The van der Waals surface area contributed by atoms with E-state index in [0.29, 0.717) is 5.92 Å². The number of rotatable bonds is 3. The SMILES string of the molecule is COC(=O)C1CCC(Cn2c(=O)[nH]c3ccc(C)cc32)CC1. The van der Waals surface area contributed by atoms with Gasteiger partial charge in [0.05, 0.1) is 24.1 Å². The standard InChI is InChI=1S/C17H22N2O3/c1-11-3-8-14-15(9-11)19(17(21)18-14)10-12-4-6-13(7-5-12)16(20)22-2/h3,8-9,12-13H,4-7,10H2,1-2H3,(H,18,21). The molecule has 0 saturated heterocycles. The molecule has 1 heterocycles. The molecule has 5 heteroatoms. The van der Waals surface area contributed by atoms with Crippen LogP contribution in [0.5, 0.6) is 0 Å². The molecule has 1 aromatic carbocycles. The molecule has 1 fully saturated rings. The molecule has 1 N–H and O–H groups in total. The number of nitrogens with one attached hydrogen (secondary N) is 1. The Morgan fingerprint density at radius 2 is 2.05 bits per heavy atom. The molecule has 0 amide bonds. The molecule has 1 aliphatic carbocycles. The molecular weight excluding hydrogens is 280 g/mol. The first-order valence-electron chi connectivity index (χ1n) is 7.85. The van der Waals surface area contributed by atoms with E-state index in [1.165, 1.54) is 7.11 Å². The number of hydrogen-bond donors (Lipinski definition) is 1. The Morgan fingerprint density at radius 3 is 2.73 bits per heavy atom. The molecule has 0 unspecified atom stereocenters. The van der Waals surface area contributed by atoms with E-state index in [4.69, 9.17) is 4.74 Å². The van der Waals surface area contributed by atoms with Crippen molar-refractivity contribution in [3.8, 4) is 0 Å². The zero-order valence-corrected chi connectivity index (χ0v) is 13.1. The minimum atomic E-state index is -0.0988. The molecule has 0 radical (unpaired) electrons. The second kappa shape index (κ2) is 5.99. The predicted octanol–water partition coefficient (Wildman–Crippen LogP) is 2.62. The molecule has 0 atom stereocenters. The fourth-order valence-corrected chi connectivity index (χ4v) is 3.45. The van der Waals surface area contributed by atoms with Crippen molar-refractivity contribution in [1.82, 2.24) is 9.55 Å². The third-order valence-corrected chi connectivity index (χ3v) is 4.75. The first kappa shape index (κ1) is 14.9. The summed E-state index contributed by atoms with van der Waals surface area (Å²) < 4.78 is 6.66. The van der Waals surface area contributed by atoms with Gasteiger partial charge in [-0.3, -0.25) is 9.36 Å². The molecule has 1 aromatic heterocycles. The smallest absolute Gasteiger partial charge is 0.326 e. The average Bonchev–Trinajstić information content (AvgIpc) is 2.83. The summed E-state index contributed by atoms with van der Waals surface area (Å²) >= 11 is 0. The summed E-state index contributed by atoms with van der Waals surface area (Å²) in [5.41, 5.74) is 2.96. The number of hydrogen-bond acceptors (Lipinski definition) is 3. The highest BCUT2D eigenvalue weighted by atomic mass is 16.5. The van der Waals surface area contributed by atoms with Crippen LogP contribution in [0.2, 0.25) is 0 Å². The Morgan fingerprint density at radius 1 is 1.32 bits per heavy atom. The number of carbonyl (C=O) groups excluding carboxylic acids is 1. The number of ether oxygens (including phenoxy) is 1. The zero-order valence-electron chi connectivity index (χ0n) is 13.1. The normalized spacial score (nSPS) is 21.9. The molecule has 1 aliphatic rings. The number of aryl methyl sites for hydroxylation is 1. The molecule has 5 nitrogen and oxygen atoms in total. The predicted molar refractivity (Wildman–Crippen MR) is 84.8 cm³/mol. The fourth-order valence-electron chi connectivity index (χ4n) is 3.45. The number of nitrogens with zero attached hydrogens (tertiary/aromatic N) is 1. The van der Waals surface area contributed by atoms with Crippen molar-refractivity contribution in [2.75, 3.05) is 7.11 Å². The van der Waals surface area contributed by atoms with E-state index in [1.807, 2.05) is 29.7 Å². The number of methoxy groups -OCH3 is 1. The first-order valence-corrected chi connectivity index (χ1v) is 7.85. The summed E-state index contributed by atoms with van der Waals surface area (Å²) in [5, 5.41) is 0. The molecule has 0 bridgehead atoms. The number of imidazole rings is 1. The van der Waals surface area contributed by atoms with E-state index in [2.05, 4.69) is 4.98 Å². The number of aromatic nitrogens is 2. The summed E-state index contributed by atoms with van der Waals surface area (Å²) in [6, 6.07) is 6.01. The first-order chi connectivity index (χ1) is 10.6. The quantitative estimate of drug-likeness (QED) is 0.886. The summed E-state index contributed by atoms with van der Waals surface area (Å²) in [6.45, 7) is 2.75. The minimum absolute atomic E-state index is 0.0307. The van der Waals surface area contributed by atoms with Crippen LogP contribution in [0.15, 0.2) is 23.0 Å². The molecule has 0 aliphatic heterocycles. The van der Waals surface area contributed by atoms with Gasteiger partial charge in [-0.2, -0.15) is 0 Å². The summed E-state index contributed by atoms with van der Waals surface area (Å²) in [4.78, 5) is 26.7. The molecule has 22 heavy (non-hydrogen) atoms. The number of carbonyl (C=O) groups is 1. The fraction of sp³-hybridized carbons (Fsp3) is 0.529. The van der Waals surface area contributed by atoms with Gasteiger partial charge in [-0.05, 0) is 56.2 Å². The van der Waals surface area contributed by atoms with Crippen molar-refractivity contribution in [1.29, 1.82) is 0 Å². The summed E-state index contributed by atoms with van der Waals surface area (Å²) in [5.74, 6) is 0.375. The van der Waals surface area contributed by atoms with E-state index in [9.17, 15) is 9.59 Å². The monoisotopic (exact) mass is 302 g/mol. The zero-order chi connectivity index (χ0) is 15.7. The van der Waals surface area contributed by atoms with Crippen molar-refractivity contribution < 1.29 is 9.53 Å². The second-order valence-electron chi connectivity index (χ2n) is 6.30. The van der Waals surface area contributed by atoms with Crippen LogP contribution >= 0.6 is 0 Å². The lowest BCUT2D eigenvalue weighted by Crippen LogP contribution is -2.27. The Balaban J connectivity index is 1.75. The van der Waals surface area contributed by atoms with Gasteiger partial charge < -0.3 is 9.72 Å². The van der Waals surface area contributed by atoms with Crippen LogP contribution < -0.4 is 5.69 Å². The number of esters is 1. The summed E-state index contributed by atoms with van der Waals surface area (Å²) in [6.07, 6.45) is 3.64. The Labute approximate surface area is 129 Å². The molecule has 2 aromatic rings. The van der Waals surface area contributed by atoms with Gasteiger partial charge in [-0.25, -0.2) is 4.79 Å². The van der Waals surface area contributed by atoms with Crippen molar-refractivity contribution in [2.24, 2.45) is 11.8 Å². The third kappa shape index (κ3) is 2.80. The van der Waals surface area contributed by atoms with Crippen molar-refractivity contribution in [2.45, 2.75) is 39.2 Å². The van der Waals surface area contributed by atoms with Crippen LogP contribution in [-0.2, 0) is 16.1 Å².